The van der Waals surface area contributed by atoms with Gasteiger partial charge >= 0.3 is 0 Å². The molecule has 4 aromatic rings. The van der Waals surface area contributed by atoms with Crippen LogP contribution in [0.2, 0.25) is 20.1 Å². The van der Waals surface area contributed by atoms with Gasteiger partial charge in [-0.2, -0.15) is 0 Å². The van der Waals surface area contributed by atoms with Crippen LogP contribution in [0.5, 0.6) is 0 Å². The highest BCUT2D eigenvalue weighted by atomic mass is 35.5. The SMILES string of the molecule is Nc1ccc(Cl)cc1/C=C/C(c1ccc(Cl)cc1)S(=O)(=O)C(/C=C/c1cc(Cl)ccc1N)c1ccc(Cl)cc1. The lowest BCUT2D eigenvalue weighted by atomic mass is 10.1. The van der Waals surface area contributed by atoms with E-state index in [4.69, 9.17) is 57.9 Å². The first-order chi connectivity index (χ1) is 18.5. The molecule has 2 unspecified atom stereocenters. The topological polar surface area (TPSA) is 86.2 Å². The molecule has 0 bridgehead atoms. The van der Waals surface area contributed by atoms with E-state index in [-0.39, 0.29) is 0 Å². The van der Waals surface area contributed by atoms with Crippen molar-refractivity contribution in [1.29, 1.82) is 0 Å². The van der Waals surface area contributed by atoms with Crippen LogP contribution in [0.4, 0.5) is 11.4 Å². The maximum absolute atomic E-state index is 14.5. The van der Waals surface area contributed by atoms with Crippen molar-refractivity contribution < 1.29 is 8.42 Å². The van der Waals surface area contributed by atoms with Crippen LogP contribution in [0, 0.1) is 0 Å². The molecule has 0 saturated heterocycles. The maximum atomic E-state index is 14.5. The quantitative estimate of drug-likeness (QED) is 0.193. The Morgan fingerprint density at radius 1 is 0.538 bits per heavy atom. The van der Waals surface area contributed by atoms with Crippen LogP contribution in [0.25, 0.3) is 12.2 Å². The summed E-state index contributed by atoms with van der Waals surface area (Å²) in [6, 6.07) is 23.4. The van der Waals surface area contributed by atoms with Gasteiger partial charge in [0.1, 0.15) is 10.5 Å². The molecule has 200 valence electrons. The van der Waals surface area contributed by atoms with E-state index in [0.29, 0.717) is 53.7 Å². The standard InChI is InChI=1S/C30H24Cl4N2O2S/c31-23-7-1-19(2-8-23)29(15-5-21-17-25(33)11-13-27(21)35)39(37,38)30(20-3-9-24(32)10-4-20)16-6-22-18-26(34)12-14-28(22)36/h1-18,29-30H,35-36H2/b15-5+,16-6+. The maximum Gasteiger partial charge on any atom is 0.171 e. The number of rotatable bonds is 8. The smallest absolute Gasteiger partial charge is 0.171 e. The summed E-state index contributed by atoms with van der Waals surface area (Å²) in [5.74, 6) is 0. The van der Waals surface area contributed by atoms with Crippen LogP contribution in [-0.2, 0) is 9.84 Å². The molecule has 4 rings (SSSR count). The van der Waals surface area contributed by atoms with E-state index in [1.165, 1.54) is 0 Å². The van der Waals surface area contributed by atoms with E-state index in [1.54, 1.807) is 109 Å². The number of sulfone groups is 1. The number of anilines is 2. The Balaban J connectivity index is 1.87. The van der Waals surface area contributed by atoms with Crippen molar-refractivity contribution in [3.8, 4) is 0 Å². The van der Waals surface area contributed by atoms with Crippen LogP contribution in [0.15, 0.2) is 97.1 Å². The molecule has 4 aromatic carbocycles. The molecule has 0 aliphatic rings. The molecule has 9 heteroatoms. The van der Waals surface area contributed by atoms with Gasteiger partial charge in [0.25, 0.3) is 0 Å². The van der Waals surface area contributed by atoms with Crippen molar-refractivity contribution >= 4 is 79.8 Å². The molecule has 0 saturated carbocycles. The molecule has 0 amide bonds. The summed E-state index contributed by atoms with van der Waals surface area (Å²) >= 11 is 24.6. The molecule has 39 heavy (non-hydrogen) atoms. The van der Waals surface area contributed by atoms with Crippen molar-refractivity contribution in [2.45, 2.75) is 10.5 Å². The minimum atomic E-state index is -3.99. The fraction of sp³-hybridized carbons (Fsp3) is 0.0667. The summed E-state index contributed by atoms with van der Waals surface area (Å²) in [6.07, 6.45) is 6.53. The van der Waals surface area contributed by atoms with E-state index in [2.05, 4.69) is 0 Å². The van der Waals surface area contributed by atoms with Crippen molar-refractivity contribution in [2.75, 3.05) is 11.5 Å². The van der Waals surface area contributed by atoms with Crippen LogP contribution < -0.4 is 11.5 Å². The number of benzene rings is 4. The minimum Gasteiger partial charge on any atom is -0.398 e. The van der Waals surface area contributed by atoms with Gasteiger partial charge in [-0.15, -0.1) is 0 Å². The molecular formula is C30H24Cl4N2O2S. The van der Waals surface area contributed by atoms with E-state index < -0.39 is 20.3 Å². The number of hydrogen-bond donors (Lipinski definition) is 2. The van der Waals surface area contributed by atoms with Gasteiger partial charge in [0.2, 0.25) is 0 Å². The monoisotopic (exact) mass is 616 g/mol. The summed E-state index contributed by atoms with van der Waals surface area (Å²) < 4.78 is 28.9. The Morgan fingerprint density at radius 3 is 1.23 bits per heavy atom. The van der Waals surface area contributed by atoms with Crippen molar-refractivity contribution in [2.24, 2.45) is 0 Å². The second kappa shape index (κ2) is 12.5. The van der Waals surface area contributed by atoms with E-state index in [9.17, 15) is 8.42 Å². The second-order valence-corrected chi connectivity index (χ2v) is 12.7. The van der Waals surface area contributed by atoms with Gasteiger partial charge in [-0.3, -0.25) is 0 Å². The number of hydrogen-bond acceptors (Lipinski definition) is 4. The number of nitrogens with two attached hydrogens (primary N) is 2. The highest BCUT2D eigenvalue weighted by molar-refractivity contribution is 7.92. The minimum absolute atomic E-state index is 0.466. The van der Waals surface area contributed by atoms with Crippen LogP contribution >= 0.6 is 46.4 Å². The van der Waals surface area contributed by atoms with Crippen LogP contribution in [0.1, 0.15) is 32.8 Å². The molecule has 0 spiro atoms. The summed E-state index contributed by atoms with van der Waals surface area (Å²) in [5, 5.41) is -0.177. The summed E-state index contributed by atoms with van der Waals surface area (Å²) in [4.78, 5) is 0. The molecule has 0 aliphatic heterocycles. The Morgan fingerprint density at radius 2 is 0.872 bits per heavy atom. The summed E-state index contributed by atoms with van der Waals surface area (Å²) in [6.45, 7) is 0. The normalized spacial score (nSPS) is 13.6. The third kappa shape index (κ3) is 7.18. The van der Waals surface area contributed by atoms with E-state index >= 15 is 0 Å². The molecule has 0 radical (unpaired) electrons. The fourth-order valence-corrected chi connectivity index (χ4v) is 6.64. The highest BCUT2D eigenvalue weighted by Crippen LogP contribution is 2.38. The summed E-state index contributed by atoms with van der Waals surface area (Å²) in [5.41, 5.74) is 15.4. The number of nitrogen functional groups attached to an aromatic ring is 2. The summed E-state index contributed by atoms with van der Waals surface area (Å²) in [7, 11) is -3.99. The second-order valence-electron chi connectivity index (χ2n) is 8.80. The largest absolute Gasteiger partial charge is 0.398 e. The predicted octanol–water partition coefficient (Wildman–Crippen LogP) is 9.09. The average Bonchev–Trinajstić information content (AvgIpc) is 2.90. The molecular weight excluding hydrogens is 594 g/mol. The zero-order valence-corrected chi connectivity index (χ0v) is 24.3. The molecule has 4 N–H and O–H groups in total. The van der Waals surface area contributed by atoms with Crippen LogP contribution in [-0.4, -0.2) is 8.42 Å². The number of halogens is 4. The van der Waals surface area contributed by atoms with Crippen LogP contribution in [0.3, 0.4) is 0 Å². The molecule has 0 aromatic heterocycles. The van der Waals surface area contributed by atoms with Gasteiger partial charge in [0.05, 0.1) is 0 Å². The Kier molecular flexibility index (Phi) is 9.31. The zero-order valence-electron chi connectivity index (χ0n) is 20.4. The van der Waals surface area contributed by atoms with E-state index in [1.807, 2.05) is 0 Å². The van der Waals surface area contributed by atoms with Crippen molar-refractivity contribution in [3.05, 3.63) is 139 Å². The van der Waals surface area contributed by atoms with Crippen molar-refractivity contribution in [3.63, 3.8) is 0 Å². The lowest BCUT2D eigenvalue weighted by Gasteiger charge is -2.22. The zero-order chi connectivity index (χ0) is 28.2. The molecule has 0 aliphatic carbocycles. The predicted molar refractivity (Wildman–Crippen MR) is 167 cm³/mol. The Bertz CT molecular complexity index is 1520. The van der Waals surface area contributed by atoms with Gasteiger partial charge in [-0.1, -0.05) is 95.0 Å². The first-order valence-electron chi connectivity index (χ1n) is 11.7. The van der Waals surface area contributed by atoms with Crippen molar-refractivity contribution in [1.82, 2.24) is 0 Å². The first kappa shape index (κ1) is 29.1. The van der Waals surface area contributed by atoms with Gasteiger partial charge in [-0.05, 0) is 82.9 Å². The van der Waals surface area contributed by atoms with Gasteiger partial charge in [-0.25, -0.2) is 8.42 Å². The lowest BCUT2D eigenvalue weighted by molar-refractivity contribution is 0.584. The van der Waals surface area contributed by atoms with Gasteiger partial charge in [0, 0.05) is 31.5 Å². The lowest BCUT2D eigenvalue weighted by Crippen LogP contribution is -2.19. The Hall–Kier alpha value is -2.93. The van der Waals surface area contributed by atoms with E-state index in [0.717, 1.165) is 0 Å². The average molecular weight is 618 g/mol. The Labute approximate surface area is 248 Å². The molecule has 0 heterocycles. The first-order valence-corrected chi connectivity index (χ1v) is 14.9. The fourth-order valence-electron chi connectivity index (χ4n) is 4.05. The molecule has 0 fully saturated rings. The van der Waals surface area contributed by atoms with Gasteiger partial charge in [0.15, 0.2) is 9.84 Å². The highest BCUT2D eigenvalue weighted by Gasteiger charge is 2.33. The molecule has 2 atom stereocenters. The van der Waals surface area contributed by atoms with Gasteiger partial charge < -0.3 is 11.5 Å². The third-order valence-electron chi connectivity index (χ3n) is 6.10. The third-order valence-corrected chi connectivity index (χ3v) is 9.35. The molecule has 4 nitrogen and oxygen atoms in total.